The van der Waals surface area contributed by atoms with Gasteiger partial charge in [-0.15, -0.1) is 0 Å². The molecule has 1 aliphatic heterocycles. The number of pyridine rings is 1. The molecule has 0 N–H and O–H groups in total. The number of rotatable bonds is 10. The van der Waals surface area contributed by atoms with E-state index in [9.17, 15) is 14.2 Å². The van der Waals surface area contributed by atoms with E-state index in [1.54, 1.807) is 31.5 Å². The van der Waals surface area contributed by atoms with Crippen LogP contribution in [0.5, 0.6) is 5.75 Å². The van der Waals surface area contributed by atoms with E-state index < -0.39 is 18.9 Å². The van der Waals surface area contributed by atoms with Crippen LogP contribution in [0.25, 0.3) is 0 Å². The molecule has 0 bridgehead atoms. The van der Waals surface area contributed by atoms with Crippen molar-refractivity contribution >= 4 is 29.1 Å². The minimum absolute atomic E-state index is 0.0147. The van der Waals surface area contributed by atoms with Gasteiger partial charge in [-0.2, -0.15) is 0 Å². The molecule has 0 saturated heterocycles. The summed E-state index contributed by atoms with van der Waals surface area (Å²) in [4.78, 5) is 25.9. The van der Waals surface area contributed by atoms with Crippen LogP contribution in [0.4, 0.5) is 0 Å². The Kier molecular flexibility index (Phi) is 8.27. The molecule has 0 radical (unpaired) electrons. The molecular formula is C19H29BrNO7P. The Bertz CT molecular complexity index is 856. The number of hydrogen-bond acceptors (Lipinski definition) is 7. The van der Waals surface area contributed by atoms with Gasteiger partial charge in [-0.3, -0.25) is 14.2 Å². The van der Waals surface area contributed by atoms with Crippen molar-refractivity contribution < 1.29 is 28.1 Å². The van der Waals surface area contributed by atoms with Gasteiger partial charge in [0.05, 0.1) is 42.9 Å². The highest BCUT2D eigenvalue weighted by Gasteiger charge is 2.48. The molecule has 0 aromatic carbocycles. The molecule has 0 amide bonds. The molecule has 2 heterocycles. The van der Waals surface area contributed by atoms with E-state index in [0.717, 1.165) is 0 Å². The van der Waals surface area contributed by atoms with Crippen molar-refractivity contribution in [3.8, 4) is 5.75 Å². The summed E-state index contributed by atoms with van der Waals surface area (Å²) in [6, 6.07) is 0. The standard InChI is InChI=1S/C19H29BrNO7P/c1-6-28-29(5,24)10-9-27-14-12-21-11-13(20)16(22)17(26-4)15(21)18(23)19(14,2)7-8-25-3/h11,14H,6-10,12H2,1-5H3. The monoisotopic (exact) mass is 493 g/mol. The average Bonchev–Trinajstić information content (AvgIpc) is 2.65. The quantitative estimate of drug-likeness (QED) is 0.462. The largest absolute Gasteiger partial charge is 0.491 e. The first-order valence-electron chi connectivity index (χ1n) is 9.44. The fraction of sp³-hybridized carbons (Fsp3) is 0.684. The number of aromatic nitrogens is 1. The van der Waals surface area contributed by atoms with E-state index in [1.165, 1.54) is 7.11 Å². The minimum atomic E-state index is -2.74. The van der Waals surface area contributed by atoms with Gasteiger partial charge in [0.2, 0.25) is 12.8 Å². The Morgan fingerprint density at radius 1 is 1.31 bits per heavy atom. The number of halogens is 1. The molecule has 164 valence electrons. The molecule has 0 fully saturated rings. The van der Waals surface area contributed by atoms with Crippen LogP contribution in [0.1, 0.15) is 30.8 Å². The van der Waals surface area contributed by atoms with Gasteiger partial charge in [-0.05, 0) is 36.2 Å². The van der Waals surface area contributed by atoms with Crippen LogP contribution in [-0.4, -0.2) is 63.3 Å². The normalized spacial score (nSPS) is 23.5. The first-order valence-corrected chi connectivity index (χ1v) is 12.5. The number of Topliss-reactive ketones (excluding diaryl/α,β-unsaturated/α-hetero) is 1. The van der Waals surface area contributed by atoms with E-state index in [-0.39, 0.29) is 35.4 Å². The molecule has 10 heteroatoms. The van der Waals surface area contributed by atoms with E-state index >= 15 is 0 Å². The van der Waals surface area contributed by atoms with Crippen molar-refractivity contribution in [1.29, 1.82) is 0 Å². The van der Waals surface area contributed by atoms with Gasteiger partial charge < -0.3 is 23.3 Å². The molecule has 0 spiro atoms. The van der Waals surface area contributed by atoms with Crippen LogP contribution in [0.3, 0.4) is 0 Å². The highest BCUT2D eigenvalue weighted by Crippen LogP contribution is 2.43. The Balaban J connectivity index is 2.38. The SMILES string of the molecule is CCOP(C)(=O)CCOC1Cn2cc(Br)c(=O)c(OC)c2C(=O)C1(C)CCOC. The molecule has 0 aliphatic carbocycles. The molecule has 1 aromatic heterocycles. The fourth-order valence-corrected chi connectivity index (χ4v) is 5.03. The van der Waals surface area contributed by atoms with Crippen LogP contribution in [0, 0.1) is 5.41 Å². The number of ether oxygens (including phenoxy) is 3. The predicted octanol–water partition coefficient (Wildman–Crippen LogP) is 3.19. The first-order chi connectivity index (χ1) is 13.6. The third-order valence-corrected chi connectivity index (χ3v) is 7.61. The smallest absolute Gasteiger partial charge is 0.238 e. The molecule has 3 atom stereocenters. The summed E-state index contributed by atoms with van der Waals surface area (Å²) in [6.07, 6.45) is 1.76. The van der Waals surface area contributed by atoms with E-state index in [2.05, 4.69) is 15.9 Å². The van der Waals surface area contributed by atoms with Crippen molar-refractivity contribution in [3.63, 3.8) is 0 Å². The Hall–Kier alpha value is -0.990. The summed E-state index contributed by atoms with van der Waals surface area (Å²) in [6.45, 7) is 6.45. The lowest BCUT2D eigenvalue weighted by molar-refractivity contribution is -0.0441. The zero-order chi connectivity index (χ0) is 21.8. The van der Waals surface area contributed by atoms with Crippen molar-refractivity contribution in [1.82, 2.24) is 4.57 Å². The third kappa shape index (κ3) is 5.20. The summed E-state index contributed by atoms with van der Waals surface area (Å²) in [7, 11) is 0.200. The first kappa shape index (κ1) is 24.3. The van der Waals surface area contributed by atoms with Crippen molar-refractivity contribution in [2.45, 2.75) is 32.9 Å². The van der Waals surface area contributed by atoms with Gasteiger partial charge in [0.15, 0.2) is 11.5 Å². The molecular weight excluding hydrogens is 465 g/mol. The Morgan fingerprint density at radius 2 is 2.00 bits per heavy atom. The zero-order valence-corrected chi connectivity index (χ0v) is 20.0. The van der Waals surface area contributed by atoms with Crippen molar-refractivity contribution in [3.05, 3.63) is 26.6 Å². The van der Waals surface area contributed by atoms with Crippen LogP contribution >= 0.6 is 23.3 Å². The average molecular weight is 494 g/mol. The van der Waals surface area contributed by atoms with E-state index in [0.29, 0.717) is 30.7 Å². The lowest BCUT2D eigenvalue weighted by Gasteiger charge is -2.41. The van der Waals surface area contributed by atoms with Crippen LogP contribution in [0.2, 0.25) is 0 Å². The molecule has 29 heavy (non-hydrogen) atoms. The van der Waals surface area contributed by atoms with Gasteiger partial charge in [-0.25, -0.2) is 0 Å². The second-order valence-electron chi connectivity index (χ2n) is 7.34. The predicted molar refractivity (Wildman–Crippen MR) is 114 cm³/mol. The Labute approximate surface area is 179 Å². The maximum atomic E-state index is 13.5. The fourth-order valence-electron chi connectivity index (χ4n) is 3.49. The summed E-state index contributed by atoms with van der Waals surface area (Å²) in [5.41, 5.74) is -1.06. The molecule has 1 aliphatic rings. The highest BCUT2D eigenvalue weighted by atomic mass is 79.9. The molecule has 8 nitrogen and oxygen atoms in total. The second-order valence-corrected chi connectivity index (χ2v) is 10.9. The van der Waals surface area contributed by atoms with Gasteiger partial charge in [0, 0.05) is 32.7 Å². The molecule has 3 unspecified atom stereocenters. The van der Waals surface area contributed by atoms with E-state index in [1.807, 2.05) is 6.92 Å². The summed E-state index contributed by atoms with van der Waals surface area (Å²) in [5.74, 6) is -0.224. The third-order valence-electron chi connectivity index (χ3n) is 5.25. The number of ketones is 1. The van der Waals surface area contributed by atoms with Crippen LogP contribution in [-0.2, 0) is 25.1 Å². The van der Waals surface area contributed by atoms with Crippen LogP contribution < -0.4 is 10.2 Å². The number of nitrogens with zero attached hydrogens (tertiary/aromatic N) is 1. The zero-order valence-electron chi connectivity index (χ0n) is 17.5. The maximum Gasteiger partial charge on any atom is 0.238 e. The Morgan fingerprint density at radius 3 is 2.59 bits per heavy atom. The number of fused-ring (bicyclic) bond motifs is 1. The lowest BCUT2D eigenvalue weighted by Crippen LogP contribution is -2.50. The van der Waals surface area contributed by atoms with Gasteiger partial charge in [-0.1, -0.05) is 0 Å². The number of hydrogen-bond donors (Lipinski definition) is 0. The second kappa shape index (κ2) is 9.88. The van der Waals surface area contributed by atoms with E-state index in [4.69, 9.17) is 18.7 Å². The summed E-state index contributed by atoms with van der Waals surface area (Å²) < 4.78 is 36.2. The van der Waals surface area contributed by atoms with Crippen molar-refractivity contribution in [2.75, 3.05) is 46.9 Å². The van der Waals surface area contributed by atoms with Gasteiger partial charge in [0.25, 0.3) is 0 Å². The van der Waals surface area contributed by atoms with Gasteiger partial charge in [0.1, 0.15) is 5.69 Å². The molecule has 1 aromatic rings. The number of methoxy groups -OCH3 is 2. The number of carbonyl (C=O) groups is 1. The molecule has 2 rings (SSSR count). The molecule has 0 saturated carbocycles. The highest BCUT2D eigenvalue weighted by molar-refractivity contribution is 9.10. The topological polar surface area (TPSA) is 93.1 Å². The number of carbonyl (C=O) groups excluding carboxylic acids is 1. The summed E-state index contributed by atoms with van der Waals surface area (Å²) >= 11 is 3.23. The van der Waals surface area contributed by atoms with Crippen molar-refractivity contribution in [2.24, 2.45) is 5.41 Å². The van der Waals surface area contributed by atoms with Crippen LogP contribution in [0.15, 0.2) is 15.5 Å². The maximum absolute atomic E-state index is 13.5. The minimum Gasteiger partial charge on any atom is -0.491 e. The summed E-state index contributed by atoms with van der Waals surface area (Å²) in [5, 5.41) is 0. The van der Waals surface area contributed by atoms with Gasteiger partial charge >= 0.3 is 0 Å². The lowest BCUT2D eigenvalue weighted by atomic mass is 9.73.